The fraction of sp³-hybridized carbons (Fsp3) is 0.389. The van der Waals surface area contributed by atoms with Gasteiger partial charge in [0.15, 0.2) is 0 Å². The highest BCUT2D eigenvalue weighted by molar-refractivity contribution is 5.25. The molecule has 0 aliphatic rings. The van der Waals surface area contributed by atoms with Gasteiger partial charge in [-0.25, -0.2) is 0 Å². The summed E-state index contributed by atoms with van der Waals surface area (Å²) >= 11 is 0. The molecule has 0 aliphatic carbocycles. The Morgan fingerprint density at radius 3 is 2.33 bits per heavy atom. The van der Waals surface area contributed by atoms with Gasteiger partial charge in [0, 0.05) is 25.0 Å². The standard InChI is InChI=1S/C18H24N2O/c1-3-4-15-5-7-17(8-6-15)18(21)14(2)20-13-16-9-11-19-12-10-16/h5-12,14,18,20-21H,3-4,13H2,1-2H3. The highest BCUT2D eigenvalue weighted by Crippen LogP contribution is 2.18. The Hall–Kier alpha value is -1.71. The lowest BCUT2D eigenvalue weighted by molar-refractivity contribution is 0.135. The number of hydrogen-bond donors (Lipinski definition) is 2. The number of hydrogen-bond acceptors (Lipinski definition) is 3. The second kappa shape index (κ2) is 7.91. The van der Waals surface area contributed by atoms with Crippen molar-refractivity contribution in [2.24, 2.45) is 0 Å². The molecule has 21 heavy (non-hydrogen) atoms. The molecule has 2 atom stereocenters. The van der Waals surface area contributed by atoms with Crippen molar-refractivity contribution in [3.05, 3.63) is 65.5 Å². The predicted molar refractivity (Wildman–Crippen MR) is 85.9 cm³/mol. The second-order valence-electron chi connectivity index (χ2n) is 5.46. The minimum atomic E-state index is -0.498. The first-order chi connectivity index (χ1) is 10.2. The maximum Gasteiger partial charge on any atom is 0.0940 e. The fourth-order valence-corrected chi connectivity index (χ4v) is 2.35. The lowest BCUT2D eigenvalue weighted by atomic mass is 10.0. The van der Waals surface area contributed by atoms with Crippen LogP contribution in [0.25, 0.3) is 0 Å². The molecule has 3 heteroatoms. The van der Waals surface area contributed by atoms with Crippen LogP contribution in [0.15, 0.2) is 48.8 Å². The van der Waals surface area contributed by atoms with Crippen LogP contribution in [0, 0.1) is 0 Å². The summed E-state index contributed by atoms with van der Waals surface area (Å²) in [6, 6.07) is 12.2. The van der Waals surface area contributed by atoms with E-state index in [1.807, 2.05) is 31.2 Å². The Morgan fingerprint density at radius 2 is 1.71 bits per heavy atom. The van der Waals surface area contributed by atoms with Gasteiger partial charge < -0.3 is 10.4 Å². The predicted octanol–water partition coefficient (Wildman–Crippen LogP) is 3.25. The molecule has 0 bridgehead atoms. The van der Waals surface area contributed by atoms with Gasteiger partial charge in [-0.2, -0.15) is 0 Å². The van der Waals surface area contributed by atoms with Crippen molar-refractivity contribution in [2.75, 3.05) is 0 Å². The van der Waals surface area contributed by atoms with Crippen molar-refractivity contribution in [1.82, 2.24) is 10.3 Å². The van der Waals surface area contributed by atoms with Gasteiger partial charge in [-0.1, -0.05) is 37.6 Å². The van der Waals surface area contributed by atoms with Crippen molar-refractivity contribution in [3.8, 4) is 0 Å². The molecule has 0 amide bonds. The van der Waals surface area contributed by atoms with E-state index in [0.29, 0.717) is 0 Å². The zero-order chi connectivity index (χ0) is 15.1. The molecule has 2 rings (SSSR count). The molecule has 2 unspecified atom stereocenters. The zero-order valence-corrected chi connectivity index (χ0v) is 12.8. The summed E-state index contributed by atoms with van der Waals surface area (Å²) in [5.41, 5.74) is 3.46. The van der Waals surface area contributed by atoms with Gasteiger partial charge in [0.25, 0.3) is 0 Å². The van der Waals surface area contributed by atoms with E-state index < -0.39 is 6.10 Å². The Bertz CT molecular complexity index is 525. The van der Waals surface area contributed by atoms with Crippen molar-refractivity contribution < 1.29 is 5.11 Å². The third-order valence-corrected chi connectivity index (χ3v) is 3.71. The van der Waals surface area contributed by atoms with Crippen LogP contribution in [0.5, 0.6) is 0 Å². The quantitative estimate of drug-likeness (QED) is 0.820. The summed E-state index contributed by atoms with van der Waals surface area (Å²) < 4.78 is 0. The largest absolute Gasteiger partial charge is 0.387 e. The number of rotatable bonds is 7. The van der Waals surface area contributed by atoms with E-state index in [9.17, 15) is 5.11 Å². The monoisotopic (exact) mass is 284 g/mol. The van der Waals surface area contributed by atoms with Gasteiger partial charge >= 0.3 is 0 Å². The van der Waals surface area contributed by atoms with Crippen molar-refractivity contribution in [2.45, 2.75) is 45.4 Å². The van der Waals surface area contributed by atoms with Crippen LogP contribution in [-0.4, -0.2) is 16.1 Å². The number of nitrogens with one attached hydrogen (secondary N) is 1. The SMILES string of the molecule is CCCc1ccc(C(O)C(C)NCc2ccncc2)cc1. The number of aliphatic hydroxyl groups is 1. The van der Waals surface area contributed by atoms with Gasteiger partial charge in [0.2, 0.25) is 0 Å². The van der Waals surface area contributed by atoms with Crippen molar-refractivity contribution >= 4 is 0 Å². The van der Waals surface area contributed by atoms with Crippen LogP contribution in [0.2, 0.25) is 0 Å². The van der Waals surface area contributed by atoms with Gasteiger partial charge in [-0.15, -0.1) is 0 Å². The summed E-state index contributed by atoms with van der Waals surface area (Å²) in [4.78, 5) is 4.00. The summed E-state index contributed by atoms with van der Waals surface area (Å²) in [5.74, 6) is 0. The highest BCUT2D eigenvalue weighted by Gasteiger charge is 2.15. The van der Waals surface area contributed by atoms with Crippen LogP contribution < -0.4 is 5.32 Å². The third-order valence-electron chi connectivity index (χ3n) is 3.71. The first-order valence-corrected chi connectivity index (χ1v) is 7.60. The third kappa shape index (κ3) is 4.66. The molecule has 1 aromatic heterocycles. The van der Waals surface area contributed by atoms with E-state index in [4.69, 9.17) is 0 Å². The Morgan fingerprint density at radius 1 is 1.05 bits per heavy atom. The summed E-state index contributed by atoms with van der Waals surface area (Å²) in [6.07, 6.45) is 5.30. The molecule has 1 aromatic carbocycles. The summed E-state index contributed by atoms with van der Waals surface area (Å²) in [7, 11) is 0. The van der Waals surface area contributed by atoms with Gasteiger partial charge in [-0.05, 0) is 42.2 Å². The molecule has 0 fully saturated rings. The number of aryl methyl sites for hydroxylation is 1. The first kappa shape index (κ1) is 15.7. The normalized spacial score (nSPS) is 13.9. The van der Waals surface area contributed by atoms with E-state index in [1.54, 1.807) is 12.4 Å². The summed E-state index contributed by atoms with van der Waals surface area (Å²) in [6.45, 7) is 4.91. The van der Waals surface area contributed by atoms with Crippen molar-refractivity contribution in [3.63, 3.8) is 0 Å². The molecule has 0 saturated heterocycles. The summed E-state index contributed by atoms with van der Waals surface area (Å²) in [5, 5.41) is 13.8. The molecular weight excluding hydrogens is 260 g/mol. The van der Waals surface area contributed by atoms with E-state index >= 15 is 0 Å². The van der Waals surface area contributed by atoms with Crippen LogP contribution in [0.1, 0.15) is 43.1 Å². The zero-order valence-electron chi connectivity index (χ0n) is 12.8. The van der Waals surface area contributed by atoms with E-state index in [2.05, 4.69) is 29.4 Å². The van der Waals surface area contributed by atoms with Crippen LogP contribution in [0.3, 0.4) is 0 Å². The molecule has 2 N–H and O–H groups in total. The van der Waals surface area contributed by atoms with E-state index in [-0.39, 0.29) is 6.04 Å². The molecule has 112 valence electrons. The van der Waals surface area contributed by atoms with Gasteiger partial charge in [-0.3, -0.25) is 4.98 Å². The van der Waals surface area contributed by atoms with E-state index in [1.165, 1.54) is 11.1 Å². The lowest BCUT2D eigenvalue weighted by Gasteiger charge is -2.21. The Kier molecular flexibility index (Phi) is 5.90. The average Bonchev–Trinajstić information content (AvgIpc) is 2.54. The Labute approximate surface area is 127 Å². The number of pyridine rings is 1. The second-order valence-corrected chi connectivity index (χ2v) is 5.46. The topological polar surface area (TPSA) is 45.1 Å². The Balaban J connectivity index is 1.90. The molecule has 1 heterocycles. The van der Waals surface area contributed by atoms with Gasteiger partial charge in [0.05, 0.1) is 6.10 Å². The minimum Gasteiger partial charge on any atom is -0.387 e. The maximum absolute atomic E-state index is 10.4. The number of aliphatic hydroxyl groups excluding tert-OH is 1. The number of aromatic nitrogens is 1. The minimum absolute atomic E-state index is 0.00445. The average molecular weight is 284 g/mol. The van der Waals surface area contributed by atoms with E-state index in [0.717, 1.165) is 24.9 Å². The van der Waals surface area contributed by atoms with Gasteiger partial charge in [0.1, 0.15) is 0 Å². The molecule has 2 aromatic rings. The molecule has 0 spiro atoms. The molecule has 0 radical (unpaired) electrons. The fourth-order valence-electron chi connectivity index (χ4n) is 2.35. The van der Waals surface area contributed by atoms with Crippen molar-refractivity contribution in [1.29, 1.82) is 0 Å². The number of nitrogens with zero attached hydrogens (tertiary/aromatic N) is 1. The molecule has 0 saturated carbocycles. The van der Waals surface area contributed by atoms with Crippen LogP contribution >= 0.6 is 0 Å². The van der Waals surface area contributed by atoms with Crippen LogP contribution in [-0.2, 0) is 13.0 Å². The molecule has 0 aliphatic heterocycles. The smallest absolute Gasteiger partial charge is 0.0940 e. The highest BCUT2D eigenvalue weighted by atomic mass is 16.3. The molecular formula is C18H24N2O. The number of benzene rings is 1. The maximum atomic E-state index is 10.4. The lowest BCUT2D eigenvalue weighted by Crippen LogP contribution is -2.31. The first-order valence-electron chi connectivity index (χ1n) is 7.60. The molecule has 3 nitrogen and oxygen atoms in total. The van der Waals surface area contributed by atoms with Crippen LogP contribution in [0.4, 0.5) is 0 Å².